The summed E-state index contributed by atoms with van der Waals surface area (Å²) in [5.41, 5.74) is 2.89. The second kappa shape index (κ2) is 6.28. The van der Waals surface area contributed by atoms with Crippen molar-refractivity contribution in [2.75, 3.05) is 0 Å². The van der Waals surface area contributed by atoms with Gasteiger partial charge in [0, 0.05) is 21.8 Å². The van der Waals surface area contributed by atoms with Crippen LogP contribution in [0.15, 0.2) is 33.2 Å². The molecule has 2 heterocycles. The van der Waals surface area contributed by atoms with Crippen molar-refractivity contribution < 1.29 is 4.79 Å². The van der Waals surface area contributed by atoms with Gasteiger partial charge in [-0.1, -0.05) is 11.8 Å². The lowest BCUT2D eigenvalue weighted by atomic mass is 10.5. The van der Waals surface area contributed by atoms with Gasteiger partial charge in [-0.15, -0.1) is 11.3 Å². The van der Waals surface area contributed by atoms with Crippen LogP contribution in [-0.4, -0.2) is 15.9 Å². The van der Waals surface area contributed by atoms with E-state index >= 15 is 0 Å². The molecule has 0 atom stereocenters. The van der Waals surface area contributed by atoms with Crippen molar-refractivity contribution in [2.45, 2.75) is 10.8 Å². The van der Waals surface area contributed by atoms with Crippen LogP contribution < -0.4 is 11.3 Å². The number of hydrazine groups is 1. The molecule has 94 valence electrons. The first-order valence-electron chi connectivity index (χ1n) is 4.89. The molecular weight excluding hydrogens is 336 g/mol. The van der Waals surface area contributed by atoms with Gasteiger partial charge in [0.15, 0.2) is 5.01 Å². The Labute approximate surface area is 120 Å². The van der Waals surface area contributed by atoms with E-state index < -0.39 is 0 Å². The molecule has 0 aliphatic heterocycles. The number of halogens is 1. The number of hydrogen-bond acceptors (Lipinski definition) is 6. The highest BCUT2D eigenvalue weighted by Gasteiger charge is 2.10. The molecule has 0 aliphatic carbocycles. The number of nitrogens with zero attached hydrogens (tertiary/aromatic N) is 2. The van der Waals surface area contributed by atoms with Crippen LogP contribution >= 0.6 is 39.0 Å². The number of rotatable bonds is 4. The van der Waals surface area contributed by atoms with Crippen molar-refractivity contribution in [1.82, 2.24) is 15.4 Å². The van der Waals surface area contributed by atoms with E-state index in [1.54, 1.807) is 18.0 Å². The molecule has 0 spiro atoms. The standard InChI is InChI=1S/C10H9BrN4OS2/c11-7-2-1-3-13-9(7)17-4-6-5-18-10(14-6)8(16)15-12/h1-3,5H,4,12H2,(H,15,16). The summed E-state index contributed by atoms with van der Waals surface area (Å²) < 4.78 is 0.949. The molecule has 3 N–H and O–H groups in total. The van der Waals surface area contributed by atoms with Crippen LogP contribution in [0, 0.1) is 0 Å². The fourth-order valence-corrected chi connectivity index (χ4v) is 3.36. The first-order chi connectivity index (χ1) is 8.70. The van der Waals surface area contributed by atoms with Crippen LogP contribution in [0.5, 0.6) is 0 Å². The summed E-state index contributed by atoms with van der Waals surface area (Å²) in [5.74, 6) is 5.34. The van der Waals surface area contributed by atoms with E-state index in [2.05, 4.69) is 31.3 Å². The summed E-state index contributed by atoms with van der Waals surface area (Å²) >= 11 is 6.26. The van der Waals surface area contributed by atoms with E-state index in [9.17, 15) is 4.79 Å². The Bertz CT molecular complexity index is 560. The Hall–Kier alpha value is -0.960. The summed E-state index contributed by atoms with van der Waals surface area (Å²) in [6, 6.07) is 3.80. The third-order valence-electron chi connectivity index (χ3n) is 1.96. The van der Waals surface area contributed by atoms with E-state index in [1.165, 1.54) is 11.3 Å². The Morgan fingerprint density at radius 2 is 2.44 bits per heavy atom. The Balaban J connectivity index is 2.01. The molecule has 0 saturated carbocycles. The largest absolute Gasteiger partial charge is 0.294 e. The number of pyridine rings is 1. The molecule has 0 bridgehead atoms. The summed E-state index contributed by atoms with van der Waals surface area (Å²) in [5, 5.41) is 3.11. The molecule has 2 aromatic rings. The van der Waals surface area contributed by atoms with Crippen molar-refractivity contribution in [1.29, 1.82) is 0 Å². The van der Waals surface area contributed by atoms with E-state index in [1.807, 2.05) is 17.5 Å². The predicted molar refractivity (Wildman–Crippen MR) is 75.3 cm³/mol. The SMILES string of the molecule is NNC(=O)c1nc(CSc2ncccc2Br)cs1. The molecule has 0 saturated heterocycles. The van der Waals surface area contributed by atoms with Crippen LogP contribution in [0.25, 0.3) is 0 Å². The molecule has 0 radical (unpaired) electrons. The number of carbonyl (C=O) groups is 1. The van der Waals surface area contributed by atoms with Gasteiger partial charge in [-0.3, -0.25) is 10.2 Å². The van der Waals surface area contributed by atoms with Crippen LogP contribution in [0.1, 0.15) is 15.5 Å². The first kappa shape index (κ1) is 13.5. The normalized spacial score (nSPS) is 10.3. The second-order valence-electron chi connectivity index (χ2n) is 3.20. The molecule has 18 heavy (non-hydrogen) atoms. The first-order valence-corrected chi connectivity index (χ1v) is 7.55. The zero-order valence-electron chi connectivity index (χ0n) is 9.09. The zero-order chi connectivity index (χ0) is 13.0. The van der Waals surface area contributed by atoms with E-state index in [0.29, 0.717) is 10.8 Å². The molecule has 8 heteroatoms. The quantitative estimate of drug-likeness (QED) is 0.384. The molecule has 2 aromatic heterocycles. The number of aromatic nitrogens is 2. The van der Waals surface area contributed by atoms with Crippen molar-refractivity contribution in [3.8, 4) is 0 Å². The highest BCUT2D eigenvalue weighted by molar-refractivity contribution is 9.10. The monoisotopic (exact) mass is 344 g/mol. The lowest BCUT2D eigenvalue weighted by Crippen LogP contribution is -2.29. The van der Waals surface area contributed by atoms with Crippen LogP contribution in [0.4, 0.5) is 0 Å². The van der Waals surface area contributed by atoms with Crippen molar-refractivity contribution >= 4 is 44.9 Å². The molecular formula is C10H9BrN4OS2. The molecule has 0 fully saturated rings. The van der Waals surface area contributed by atoms with Crippen LogP contribution in [-0.2, 0) is 5.75 Å². The maximum Gasteiger partial charge on any atom is 0.294 e. The van der Waals surface area contributed by atoms with Crippen molar-refractivity contribution in [3.05, 3.63) is 38.9 Å². The van der Waals surface area contributed by atoms with Crippen LogP contribution in [0.3, 0.4) is 0 Å². The van der Waals surface area contributed by atoms with Crippen molar-refractivity contribution in [3.63, 3.8) is 0 Å². The molecule has 2 rings (SSSR count). The van der Waals surface area contributed by atoms with E-state index in [-0.39, 0.29) is 5.91 Å². The molecule has 0 aliphatic rings. The molecule has 0 unspecified atom stereocenters. The summed E-state index contributed by atoms with van der Waals surface area (Å²) in [7, 11) is 0. The lowest BCUT2D eigenvalue weighted by molar-refractivity contribution is 0.0953. The minimum absolute atomic E-state index is 0.365. The van der Waals surface area contributed by atoms with Gasteiger partial charge in [0.1, 0.15) is 5.03 Å². The lowest BCUT2D eigenvalue weighted by Gasteiger charge is -2.00. The average molecular weight is 345 g/mol. The fraction of sp³-hybridized carbons (Fsp3) is 0.100. The fourth-order valence-electron chi connectivity index (χ4n) is 1.16. The number of hydrogen-bond donors (Lipinski definition) is 2. The number of amides is 1. The Kier molecular flexibility index (Phi) is 4.70. The third kappa shape index (κ3) is 3.29. The Morgan fingerprint density at radius 3 is 3.17 bits per heavy atom. The number of nitrogen functional groups attached to an aromatic ring is 1. The van der Waals surface area contributed by atoms with Gasteiger partial charge in [-0.2, -0.15) is 0 Å². The number of nitrogens with one attached hydrogen (secondary N) is 1. The van der Waals surface area contributed by atoms with Gasteiger partial charge in [-0.25, -0.2) is 15.8 Å². The van der Waals surface area contributed by atoms with Gasteiger partial charge >= 0.3 is 0 Å². The molecule has 1 amide bonds. The highest BCUT2D eigenvalue weighted by atomic mass is 79.9. The summed E-state index contributed by atoms with van der Waals surface area (Å²) in [6.07, 6.45) is 1.74. The smallest absolute Gasteiger partial charge is 0.288 e. The third-order valence-corrected chi connectivity index (χ3v) is 4.79. The van der Waals surface area contributed by atoms with Crippen molar-refractivity contribution in [2.24, 2.45) is 5.84 Å². The highest BCUT2D eigenvalue weighted by Crippen LogP contribution is 2.27. The van der Waals surface area contributed by atoms with Gasteiger partial charge in [-0.05, 0) is 28.1 Å². The second-order valence-corrected chi connectivity index (χ2v) is 5.87. The summed E-state index contributed by atoms with van der Waals surface area (Å²) in [6.45, 7) is 0. The minimum atomic E-state index is -0.365. The van der Waals surface area contributed by atoms with Gasteiger partial charge in [0.05, 0.1) is 5.69 Å². The average Bonchev–Trinajstić information content (AvgIpc) is 2.86. The zero-order valence-corrected chi connectivity index (χ0v) is 12.3. The minimum Gasteiger partial charge on any atom is -0.288 e. The van der Waals surface area contributed by atoms with Crippen LogP contribution in [0.2, 0.25) is 0 Å². The Morgan fingerprint density at radius 1 is 1.61 bits per heavy atom. The predicted octanol–water partition coefficient (Wildman–Crippen LogP) is 2.20. The van der Waals surface area contributed by atoms with E-state index in [4.69, 9.17) is 5.84 Å². The number of thiazole rings is 1. The molecule has 5 nitrogen and oxygen atoms in total. The number of carbonyl (C=O) groups excluding carboxylic acids is 1. The number of nitrogens with two attached hydrogens (primary N) is 1. The van der Waals surface area contributed by atoms with E-state index in [0.717, 1.165) is 15.2 Å². The van der Waals surface area contributed by atoms with Gasteiger partial charge in [0.2, 0.25) is 0 Å². The summed E-state index contributed by atoms with van der Waals surface area (Å²) in [4.78, 5) is 19.7. The maximum atomic E-state index is 11.2. The molecule has 0 aromatic carbocycles. The maximum absolute atomic E-state index is 11.2. The van der Waals surface area contributed by atoms with Gasteiger partial charge in [0.25, 0.3) is 5.91 Å². The number of thioether (sulfide) groups is 1. The van der Waals surface area contributed by atoms with Gasteiger partial charge < -0.3 is 0 Å². The topological polar surface area (TPSA) is 80.9 Å².